The van der Waals surface area contributed by atoms with Crippen LogP contribution in [0, 0.1) is 0 Å². The van der Waals surface area contributed by atoms with E-state index in [0.717, 1.165) is 43.2 Å². The third-order valence-corrected chi connectivity index (χ3v) is 5.68. The largest absolute Gasteiger partial charge is 0.508 e. The van der Waals surface area contributed by atoms with E-state index >= 15 is 0 Å². The van der Waals surface area contributed by atoms with Crippen molar-refractivity contribution in [3.8, 4) is 17.2 Å². The topological polar surface area (TPSA) is 60.7 Å². The molecule has 0 saturated heterocycles. The molecule has 3 N–H and O–H groups in total. The first kappa shape index (κ1) is 25.3. The van der Waals surface area contributed by atoms with E-state index in [1.54, 1.807) is 24.3 Å². The lowest BCUT2D eigenvalue weighted by atomic mass is 9.99. The predicted octanol–water partition coefficient (Wildman–Crippen LogP) is 7.55. The maximum absolute atomic E-state index is 10.5. The van der Waals surface area contributed by atoms with Crippen molar-refractivity contribution in [2.75, 3.05) is 0 Å². The zero-order valence-electron chi connectivity index (χ0n) is 20.0. The van der Waals surface area contributed by atoms with Crippen molar-refractivity contribution in [1.29, 1.82) is 0 Å². The number of rotatable bonds is 11. The number of aromatic hydroxyl groups is 3. The molecule has 0 aliphatic rings. The first-order chi connectivity index (χ1) is 15.2. The summed E-state index contributed by atoms with van der Waals surface area (Å²) in [6.07, 6.45) is 12.9. The Morgan fingerprint density at radius 2 is 1.22 bits per heavy atom. The van der Waals surface area contributed by atoms with Crippen molar-refractivity contribution in [1.82, 2.24) is 0 Å². The van der Waals surface area contributed by atoms with Gasteiger partial charge in [0.1, 0.15) is 17.2 Å². The average Bonchev–Trinajstić information content (AvgIpc) is 2.72. The summed E-state index contributed by atoms with van der Waals surface area (Å²) < 4.78 is 0. The molecule has 2 rings (SSSR count). The standard InChI is InChI=1S/C29H38O3/c1-21(2)7-5-8-22(3)9-6-10-23(4)11-18-27-28(31)19-25(20-29(27)32)13-12-24-14-16-26(30)17-15-24/h7,9,11,14-17,19-20,30-32H,5-6,8,10,12-13,18H2,1-4H3. The smallest absolute Gasteiger partial charge is 0.123 e. The Hall–Kier alpha value is -2.94. The second-order valence-electron chi connectivity index (χ2n) is 8.94. The van der Waals surface area contributed by atoms with Gasteiger partial charge in [-0.25, -0.2) is 0 Å². The molecule has 0 atom stereocenters. The van der Waals surface area contributed by atoms with Crippen LogP contribution in [0.5, 0.6) is 17.2 Å². The normalized spacial score (nSPS) is 12.1. The Kier molecular flexibility index (Phi) is 10.1. The van der Waals surface area contributed by atoms with Gasteiger partial charge in [0.15, 0.2) is 0 Å². The van der Waals surface area contributed by atoms with Crippen LogP contribution in [0.1, 0.15) is 70.1 Å². The summed E-state index contributed by atoms with van der Waals surface area (Å²) in [6, 6.07) is 10.6. The molecule has 0 bridgehead atoms. The highest BCUT2D eigenvalue weighted by atomic mass is 16.3. The first-order valence-corrected chi connectivity index (χ1v) is 11.5. The average molecular weight is 435 g/mol. The number of benzene rings is 2. The summed E-state index contributed by atoms with van der Waals surface area (Å²) in [5.41, 5.74) is 6.62. The van der Waals surface area contributed by atoms with E-state index in [9.17, 15) is 15.3 Å². The van der Waals surface area contributed by atoms with Crippen LogP contribution in [0.2, 0.25) is 0 Å². The SMILES string of the molecule is CC(C)=CCCC(C)=CCCC(C)=CCc1c(O)cc(CCc2ccc(O)cc2)cc1O. The zero-order chi connectivity index (χ0) is 23.5. The van der Waals surface area contributed by atoms with Gasteiger partial charge < -0.3 is 15.3 Å². The van der Waals surface area contributed by atoms with Gasteiger partial charge >= 0.3 is 0 Å². The molecule has 2 aromatic rings. The van der Waals surface area contributed by atoms with E-state index in [4.69, 9.17) is 0 Å². The summed E-state index contributed by atoms with van der Waals surface area (Å²) in [7, 11) is 0. The fourth-order valence-corrected chi connectivity index (χ4v) is 3.62. The molecule has 172 valence electrons. The van der Waals surface area contributed by atoms with Crippen LogP contribution in [0.3, 0.4) is 0 Å². The van der Waals surface area contributed by atoms with Crippen molar-refractivity contribution < 1.29 is 15.3 Å². The monoisotopic (exact) mass is 434 g/mol. The second kappa shape index (κ2) is 12.8. The highest BCUT2D eigenvalue weighted by Gasteiger charge is 2.09. The molecule has 0 aliphatic carbocycles. The molecule has 0 radical (unpaired) electrons. The van der Waals surface area contributed by atoms with Gasteiger partial charge in [-0.05, 0) is 108 Å². The van der Waals surface area contributed by atoms with Crippen LogP contribution in [0.25, 0.3) is 0 Å². The fraction of sp³-hybridized carbons (Fsp3) is 0.379. The molecule has 3 nitrogen and oxygen atoms in total. The molecule has 0 amide bonds. The minimum atomic E-state index is 0.143. The van der Waals surface area contributed by atoms with Crippen LogP contribution >= 0.6 is 0 Å². The number of aryl methyl sites for hydroxylation is 2. The minimum Gasteiger partial charge on any atom is -0.508 e. The van der Waals surface area contributed by atoms with Gasteiger partial charge in [0, 0.05) is 5.56 Å². The Balaban J connectivity index is 1.88. The maximum Gasteiger partial charge on any atom is 0.123 e. The lowest BCUT2D eigenvalue weighted by Crippen LogP contribution is -1.94. The third kappa shape index (κ3) is 9.05. The van der Waals surface area contributed by atoms with Crippen LogP contribution in [0.4, 0.5) is 0 Å². The number of phenolic OH excluding ortho intramolecular Hbond substituents is 3. The van der Waals surface area contributed by atoms with E-state index in [-0.39, 0.29) is 17.2 Å². The highest BCUT2D eigenvalue weighted by molar-refractivity contribution is 5.48. The van der Waals surface area contributed by atoms with E-state index < -0.39 is 0 Å². The van der Waals surface area contributed by atoms with Crippen molar-refractivity contribution >= 4 is 0 Å². The van der Waals surface area contributed by atoms with Gasteiger partial charge in [0.2, 0.25) is 0 Å². The Morgan fingerprint density at radius 1 is 0.688 bits per heavy atom. The Morgan fingerprint density at radius 3 is 1.81 bits per heavy atom. The molecular weight excluding hydrogens is 396 g/mol. The number of phenols is 3. The minimum absolute atomic E-state index is 0.143. The molecule has 0 aliphatic heterocycles. The third-order valence-electron chi connectivity index (χ3n) is 5.68. The Labute approximate surface area is 193 Å². The summed E-state index contributed by atoms with van der Waals surface area (Å²) >= 11 is 0. The zero-order valence-corrected chi connectivity index (χ0v) is 20.0. The van der Waals surface area contributed by atoms with Crippen molar-refractivity contribution in [2.24, 2.45) is 0 Å². The lowest BCUT2D eigenvalue weighted by molar-refractivity contribution is 0.439. The molecule has 0 fully saturated rings. The highest BCUT2D eigenvalue weighted by Crippen LogP contribution is 2.30. The van der Waals surface area contributed by atoms with Gasteiger partial charge in [-0.2, -0.15) is 0 Å². The summed E-state index contributed by atoms with van der Waals surface area (Å²) in [5.74, 6) is 0.539. The number of hydrogen-bond acceptors (Lipinski definition) is 3. The first-order valence-electron chi connectivity index (χ1n) is 11.5. The summed E-state index contributed by atoms with van der Waals surface area (Å²) in [4.78, 5) is 0. The van der Waals surface area contributed by atoms with Crippen LogP contribution in [-0.4, -0.2) is 15.3 Å². The molecule has 0 saturated carbocycles. The number of hydrogen-bond donors (Lipinski definition) is 3. The van der Waals surface area contributed by atoms with Crippen molar-refractivity contribution in [2.45, 2.75) is 72.6 Å². The van der Waals surface area contributed by atoms with Gasteiger partial charge in [0.25, 0.3) is 0 Å². The predicted molar refractivity (Wildman–Crippen MR) is 134 cm³/mol. The van der Waals surface area contributed by atoms with Crippen molar-refractivity contribution in [3.63, 3.8) is 0 Å². The summed E-state index contributed by atoms with van der Waals surface area (Å²) in [5, 5.41) is 30.3. The maximum atomic E-state index is 10.5. The van der Waals surface area contributed by atoms with Gasteiger partial charge in [-0.3, -0.25) is 0 Å². The van der Waals surface area contributed by atoms with Crippen LogP contribution in [0.15, 0.2) is 71.3 Å². The van der Waals surface area contributed by atoms with Crippen LogP contribution < -0.4 is 0 Å². The molecule has 32 heavy (non-hydrogen) atoms. The molecule has 0 aromatic heterocycles. The van der Waals surface area contributed by atoms with E-state index in [1.807, 2.05) is 12.1 Å². The van der Waals surface area contributed by atoms with Crippen LogP contribution in [-0.2, 0) is 19.3 Å². The quantitative estimate of drug-likeness (QED) is 0.320. The van der Waals surface area contributed by atoms with E-state index in [2.05, 4.69) is 45.9 Å². The molecule has 0 spiro atoms. The molecule has 2 aromatic carbocycles. The van der Waals surface area contributed by atoms with E-state index in [1.165, 1.54) is 16.7 Å². The van der Waals surface area contributed by atoms with Gasteiger partial charge in [-0.15, -0.1) is 0 Å². The molecule has 3 heteroatoms. The second-order valence-corrected chi connectivity index (χ2v) is 8.94. The van der Waals surface area contributed by atoms with Gasteiger partial charge in [-0.1, -0.05) is 47.1 Å². The molecule has 0 unspecified atom stereocenters. The van der Waals surface area contributed by atoms with Crippen molar-refractivity contribution in [3.05, 3.63) is 88.0 Å². The molecular formula is C29H38O3. The van der Waals surface area contributed by atoms with Gasteiger partial charge in [0.05, 0.1) is 0 Å². The number of allylic oxidation sites excluding steroid dienone is 6. The molecule has 0 heterocycles. The summed E-state index contributed by atoms with van der Waals surface area (Å²) in [6.45, 7) is 8.56. The fourth-order valence-electron chi connectivity index (χ4n) is 3.62. The lowest BCUT2D eigenvalue weighted by Gasteiger charge is -2.10. The Bertz CT molecular complexity index is 935. The van der Waals surface area contributed by atoms with E-state index in [0.29, 0.717) is 18.4 Å².